The van der Waals surface area contributed by atoms with Crippen LogP contribution in [0, 0.1) is 0 Å². The third-order valence-corrected chi connectivity index (χ3v) is 1.62. The smallest absolute Gasteiger partial charge is 0.229 e. The number of hydrogen-bond acceptors (Lipinski definition) is 5. The number of aromatic nitrogens is 4. The van der Waals surface area contributed by atoms with E-state index in [4.69, 9.17) is 10.5 Å². The number of nitrogens with one attached hydrogen (secondary N) is 1. The van der Waals surface area contributed by atoms with Crippen LogP contribution < -0.4 is 10.5 Å². The molecule has 1 heterocycles. The maximum absolute atomic E-state index is 5.66. The summed E-state index contributed by atoms with van der Waals surface area (Å²) in [5.41, 5.74) is 5.66. The van der Waals surface area contributed by atoms with Gasteiger partial charge in [0.1, 0.15) is 5.75 Å². The van der Waals surface area contributed by atoms with Gasteiger partial charge in [0.05, 0.1) is 0 Å². The van der Waals surface area contributed by atoms with Crippen molar-refractivity contribution in [1.29, 1.82) is 0 Å². The average Bonchev–Trinajstić information content (AvgIpc) is 2.72. The fraction of sp³-hybridized carbons (Fsp3) is 0.125. The molecular formula is C8H9N5O. The molecule has 2 rings (SSSR count). The Labute approximate surface area is 80.1 Å². The van der Waals surface area contributed by atoms with E-state index in [0.29, 0.717) is 11.6 Å². The van der Waals surface area contributed by atoms with Crippen LogP contribution in [0.2, 0.25) is 0 Å². The first kappa shape index (κ1) is 8.64. The van der Waals surface area contributed by atoms with E-state index in [2.05, 4.69) is 20.6 Å². The molecule has 6 heteroatoms. The number of H-pyrrole nitrogens is 1. The van der Waals surface area contributed by atoms with Gasteiger partial charge in [-0.3, -0.25) is 5.73 Å². The van der Waals surface area contributed by atoms with Crippen molar-refractivity contribution in [1.82, 2.24) is 20.6 Å². The summed E-state index contributed by atoms with van der Waals surface area (Å²) in [4.78, 5) is 0. The molecule has 0 bridgehead atoms. The largest absolute Gasteiger partial charge is 0.468 e. The Balaban J connectivity index is 2.06. The van der Waals surface area contributed by atoms with Gasteiger partial charge in [-0.15, -0.1) is 10.2 Å². The van der Waals surface area contributed by atoms with Gasteiger partial charge in [0.2, 0.25) is 12.1 Å². The molecule has 6 nitrogen and oxygen atoms in total. The maximum atomic E-state index is 5.66. The molecule has 3 N–H and O–H groups in total. The third-order valence-electron chi connectivity index (χ3n) is 1.62. The topological polar surface area (TPSA) is 89.7 Å². The van der Waals surface area contributed by atoms with Gasteiger partial charge in [-0.2, -0.15) is 5.21 Å². The minimum atomic E-state index is -0.698. The van der Waals surface area contributed by atoms with Gasteiger partial charge in [0.15, 0.2) is 0 Å². The Morgan fingerprint density at radius 2 is 2.07 bits per heavy atom. The number of aromatic amines is 1. The van der Waals surface area contributed by atoms with Crippen molar-refractivity contribution in [2.45, 2.75) is 6.23 Å². The van der Waals surface area contributed by atoms with Crippen molar-refractivity contribution in [3.63, 3.8) is 0 Å². The molecule has 0 fully saturated rings. The van der Waals surface area contributed by atoms with Crippen LogP contribution in [0.4, 0.5) is 0 Å². The van der Waals surface area contributed by atoms with E-state index in [9.17, 15) is 0 Å². The van der Waals surface area contributed by atoms with Crippen molar-refractivity contribution in [3.05, 3.63) is 36.2 Å². The van der Waals surface area contributed by atoms with E-state index in [1.165, 1.54) is 0 Å². The summed E-state index contributed by atoms with van der Waals surface area (Å²) in [6.45, 7) is 0. The fourth-order valence-corrected chi connectivity index (χ4v) is 0.988. The molecule has 0 saturated heterocycles. The monoisotopic (exact) mass is 191 g/mol. The average molecular weight is 191 g/mol. The van der Waals surface area contributed by atoms with E-state index < -0.39 is 6.23 Å². The SMILES string of the molecule is NC(Oc1ccccc1)c1nn[nH]n1. The predicted octanol–water partition coefficient (Wildman–Crippen LogP) is 0.236. The van der Waals surface area contributed by atoms with Gasteiger partial charge in [-0.1, -0.05) is 18.2 Å². The Bertz CT molecular complexity index is 374. The lowest BCUT2D eigenvalue weighted by atomic mass is 10.3. The lowest BCUT2D eigenvalue weighted by molar-refractivity contribution is 0.204. The Morgan fingerprint density at radius 3 is 2.71 bits per heavy atom. The van der Waals surface area contributed by atoms with Crippen molar-refractivity contribution in [2.75, 3.05) is 0 Å². The number of tetrazole rings is 1. The zero-order valence-electron chi connectivity index (χ0n) is 7.29. The van der Waals surface area contributed by atoms with E-state index in [0.717, 1.165) is 0 Å². The van der Waals surface area contributed by atoms with Crippen LogP contribution in [0.15, 0.2) is 30.3 Å². The predicted molar refractivity (Wildman–Crippen MR) is 48.2 cm³/mol. The van der Waals surface area contributed by atoms with Crippen LogP contribution >= 0.6 is 0 Å². The molecule has 0 amide bonds. The molecule has 0 aliphatic carbocycles. The molecule has 1 aromatic carbocycles. The summed E-state index contributed by atoms with van der Waals surface area (Å²) in [6, 6.07) is 9.23. The van der Waals surface area contributed by atoms with Gasteiger partial charge >= 0.3 is 0 Å². The molecule has 0 aliphatic rings. The first-order chi connectivity index (χ1) is 6.86. The summed E-state index contributed by atoms with van der Waals surface area (Å²) >= 11 is 0. The number of nitrogens with zero attached hydrogens (tertiary/aromatic N) is 3. The minimum absolute atomic E-state index is 0.328. The molecule has 0 saturated carbocycles. The van der Waals surface area contributed by atoms with Gasteiger partial charge in [0, 0.05) is 0 Å². The van der Waals surface area contributed by atoms with Crippen LogP contribution in [0.5, 0.6) is 5.75 Å². The summed E-state index contributed by atoms with van der Waals surface area (Å²) in [5, 5.41) is 13.1. The second-order valence-electron chi connectivity index (χ2n) is 2.62. The normalized spacial score (nSPS) is 12.4. The van der Waals surface area contributed by atoms with Crippen molar-refractivity contribution >= 4 is 0 Å². The molecule has 1 unspecified atom stereocenters. The van der Waals surface area contributed by atoms with Crippen LogP contribution in [-0.2, 0) is 0 Å². The van der Waals surface area contributed by atoms with E-state index in [-0.39, 0.29) is 0 Å². The number of rotatable bonds is 3. The molecular weight excluding hydrogens is 182 g/mol. The first-order valence-electron chi connectivity index (χ1n) is 4.07. The molecule has 1 atom stereocenters. The number of para-hydroxylation sites is 1. The fourth-order valence-electron chi connectivity index (χ4n) is 0.988. The summed E-state index contributed by atoms with van der Waals surface area (Å²) < 4.78 is 5.35. The summed E-state index contributed by atoms with van der Waals surface area (Å²) in [5.74, 6) is 0.999. The number of ether oxygens (including phenoxy) is 1. The first-order valence-corrected chi connectivity index (χ1v) is 4.07. The number of nitrogens with two attached hydrogens (primary N) is 1. The van der Waals surface area contributed by atoms with Crippen molar-refractivity contribution in [3.8, 4) is 5.75 Å². The Morgan fingerprint density at radius 1 is 1.29 bits per heavy atom. The molecule has 0 radical (unpaired) electrons. The Kier molecular flexibility index (Phi) is 2.37. The Hall–Kier alpha value is -1.95. The second-order valence-corrected chi connectivity index (χ2v) is 2.62. The highest BCUT2D eigenvalue weighted by Gasteiger charge is 2.11. The molecule has 0 aliphatic heterocycles. The third kappa shape index (κ3) is 1.86. The highest BCUT2D eigenvalue weighted by molar-refractivity contribution is 5.21. The summed E-state index contributed by atoms with van der Waals surface area (Å²) in [6.07, 6.45) is -0.698. The number of hydrogen-bond donors (Lipinski definition) is 2. The van der Waals surface area contributed by atoms with Crippen LogP contribution in [0.25, 0.3) is 0 Å². The van der Waals surface area contributed by atoms with Gasteiger partial charge in [0.25, 0.3) is 0 Å². The minimum Gasteiger partial charge on any atom is -0.468 e. The zero-order chi connectivity index (χ0) is 9.80. The van der Waals surface area contributed by atoms with Gasteiger partial charge in [-0.05, 0) is 17.3 Å². The summed E-state index contributed by atoms with van der Waals surface area (Å²) in [7, 11) is 0. The van der Waals surface area contributed by atoms with E-state index >= 15 is 0 Å². The van der Waals surface area contributed by atoms with Crippen LogP contribution in [0.3, 0.4) is 0 Å². The molecule has 14 heavy (non-hydrogen) atoms. The van der Waals surface area contributed by atoms with Gasteiger partial charge < -0.3 is 4.74 Å². The molecule has 2 aromatic rings. The maximum Gasteiger partial charge on any atom is 0.229 e. The second kappa shape index (κ2) is 3.84. The van der Waals surface area contributed by atoms with Crippen LogP contribution in [-0.4, -0.2) is 20.6 Å². The van der Waals surface area contributed by atoms with Crippen LogP contribution in [0.1, 0.15) is 12.1 Å². The van der Waals surface area contributed by atoms with E-state index in [1.807, 2.05) is 18.2 Å². The highest BCUT2D eigenvalue weighted by atomic mass is 16.5. The number of benzene rings is 1. The van der Waals surface area contributed by atoms with Crippen molar-refractivity contribution in [2.24, 2.45) is 5.73 Å². The van der Waals surface area contributed by atoms with Crippen molar-refractivity contribution < 1.29 is 4.74 Å². The van der Waals surface area contributed by atoms with E-state index in [1.54, 1.807) is 12.1 Å². The van der Waals surface area contributed by atoms with Gasteiger partial charge in [-0.25, -0.2) is 0 Å². The molecule has 1 aromatic heterocycles. The standard InChI is InChI=1S/C8H9N5O/c9-7(8-10-12-13-11-8)14-6-4-2-1-3-5-6/h1-5,7H,9H2,(H,10,11,12,13). The lowest BCUT2D eigenvalue weighted by Crippen LogP contribution is -2.19. The highest BCUT2D eigenvalue weighted by Crippen LogP contribution is 2.14. The zero-order valence-corrected chi connectivity index (χ0v) is 7.29. The quantitative estimate of drug-likeness (QED) is 0.678. The molecule has 0 spiro atoms. The molecule has 72 valence electrons. The lowest BCUT2D eigenvalue weighted by Gasteiger charge is -2.09.